The zero-order chi connectivity index (χ0) is 13.0. The van der Waals surface area contributed by atoms with Gasteiger partial charge < -0.3 is 10.6 Å². The van der Waals surface area contributed by atoms with Gasteiger partial charge in [-0.05, 0) is 26.3 Å². The van der Waals surface area contributed by atoms with E-state index in [1.54, 1.807) is 0 Å². The van der Waals surface area contributed by atoms with Crippen LogP contribution >= 0.6 is 0 Å². The Kier molecular flexibility index (Phi) is 4.53. The normalized spacial score (nSPS) is 20.8. The average molecular weight is 248 g/mol. The SMILES string of the molecule is Cc1cc(NC2CCCCNC2)nc(C(C)C)n1. The fourth-order valence-corrected chi connectivity index (χ4v) is 2.28. The molecule has 100 valence electrons. The topological polar surface area (TPSA) is 49.8 Å². The number of anilines is 1. The third kappa shape index (κ3) is 3.67. The van der Waals surface area contributed by atoms with E-state index in [0.29, 0.717) is 12.0 Å². The number of nitrogens with one attached hydrogen (secondary N) is 2. The van der Waals surface area contributed by atoms with Crippen LogP contribution in [-0.2, 0) is 0 Å². The number of aryl methyl sites for hydroxylation is 1. The number of hydrogen-bond donors (Lipinski definition) is 2. The summed E-state index contributed by atoms with van der Waals surface area (Å²) in [7, 11) is 0. The molecule has 1 aromatic rings. The molecule has 0 saturated carbocycles. The second-order valence-electron chi connectivity index (χ2n) is 5.45. The van der Waals surface area contributed by atoms with Crippen LogP contribution in [0, 0.1) is 6.92 Å². The molecule has 1 aromatic heterocycles. The van der Waals surface area contributed by atoms with Crippen molar-refractivity contribution in [1.82, 2.24) is 15.3 Å². The van der Waals surface area contributed by atoms with Crippen molar-refractivity contribution in [1.29, 1.82) is 0 Å². The quantitative estimate of drug-likeness (QED) is 0.862. The molecule has 0 amide bonds. The first-order chi connectivity index (χ1) is 8.65. The van der Waals surface area contributed by atoms with Crippen molar-refractivity contribution in [2.24, 2.45) is 0 Å². The van der Waals surface area contributed by atoms with Gasteiger partial charge in [0, 0.05) is 30.3 Å². The Hall–Kier alpha value is -1.16. The van der Waals surface area contributed by atoms with Crippen molar-refractivity contribution in [2.75, 3.05) is 18.4 Å². The predicted molar refractivity (Wildman–Crippen MR) is 75.0 cm³/mol. The third-order valence-corrected chi connectivity index (χ3v) is 3.29. The maximum absolute atomic E-state index is 4.61. The van der Waals surface area contributed by atoms with E-state index in [4.69, 9.17) is 0 Å². The van der Waals surface area contributed by atoms with E-state index in [1.165, 1.54) is 19.3 Å². The standard InChI is InChI=1S/C14H24N4/c1-10(2)14-16-11(3)8-13(18-14)17-12-6-4-5-7-15-9-12/h8,10,12,15H,4-7,9H2,1-3H3,(H,16,17,18). The average Bonchev–Trinajstić information content (AvgIpc) is 2.57. The molecule has 1 atom stereocenters. The molecule has 1 unspecified atom stereocenters. The van der Waals surface area contributed by atoms with Crippen molar-refractivity contribution in [3.8, 4) is 0 Å². The van der Waals surface area contributed by atoms with Gasteiger partial charge in [-0.15, -0.1) is 0 Å². The van der Waals surface area contributed by atoms with Crippen LogP contribution < -0.4 is 10.6 Å². The van der Waals surface area contributed by atoms with E-state index in [1.807, 2.05) is 13.0 Å². The molecule has 2 rings (SSSR count). The summed E-state index contributed by atoms with van der Waals surface area (Å²) in [6.07, 6.45) is 3.77. The largest absolute Gasteiger partial charge is 0.366 e. The van der Waals surface area contributed by atoms with E-state index >= 15 is 0 Å². The maximum Gasteiger partial charge on any atom is 0.133 e. The Bertz CT molecular complexity index is 381. The number of nitrogens with zero attached hydrogens (tertiary/aromatic N) is 2. The van der Waals surface area contributed by atoms with Crippen LogP contribution in [0.4, 0.5) is 5.82 Å². The number of hydrogen-bond acceptors (Lipinski definition) is 4. The zero-order valence-corrected chi connectivity index (χ0v) is 11.7. The fourth-order valence-electron chi connectivity index (χ4n) is 2.28. The predicted octanol–water partition coefficient (Wildman–Crippen LogP) is 2.46. The summed E-state index contributed by atoms with van der Waals surface area (Å²) in [5.41, 5.74) is 1.04. The summed E-state index contributed by atoms with van der Waals surface area (Å²) in [6, 6.07) is 2.53. The number of aromatic nitrogens is 2. The zero-order valence-electron chi connectivity index (χ0n) is 11.7. The highest BCUT2D eigenvalue weighted by Gasteiger charge is 2.13. The molecule has 0 aromatic carbocycles. The van der Waals surface area contributed by atoms with Crippen molar-refractivity contribution in [2.45, 2.75) is 52.0 Å². The Morgan fingerprint density at radius 2 is 2.17 bits per heavy atom. The molecule has 18 heavy (non-hydrogen) atoms. The van der Waals surface area contributed by atoms with Crippen LogP contribution in [0.15, 0.2) is 6.07 Å². The molecular formula is C14H24N4. The lowest BCUT2D eigenvalue weighted by molar-refractivity contribution is 0.631. The minimum atomic E-state index is 0.373. The highest BCUT2D eigenvalue weighted by atomic mass is 15.1. The van der Waals surface area contributed by atoms with Crippen LogP contribution in [0.3, 0.4) is 0 Å². The summed E-state index contributed by atoms with van der Waals surface area (Å²) < 4.78 is 0. The third-order valence-electron chi connectivity index (χ3n) is 3.29. The van der Waals surface area contributed by atoms with Crippen molar-refractivity contribution < 1.29 is 0 Å². The monoisotopic (exact) mass is 248 g/mol. The van der Waals surface area contributed by atoms with Crippen LogP contribution in [-0.4, -0.2) is 29.1 Å². The molecule has 2 N–H and O–H groups in total. The fraction of sp³-hybridized carbons (Fsp3) is 0.714. The molecular weight excluding hydrogens is 224 g/mol. The first kappa shape index (κ1) is 13.3. The molecule has 4 heteroatoms. The van der Waals surface area contributed by atoms with Crippen LogP contribution in [0.25, 0.3) is 0 Å². The number of rotatable bonds is 3. The summed E-state index contributed by atoms with van der Waals surface area (Å²) in [4.78, 5) is 9.09. The molecule has 4 nitrogen and oxygen atoms in total. The van der Waals surface area contributed by atoms with E-state index in [2.05, 4.69) is 34.4 Å². The highest BCUT2D eigenvalue weighted by molar-refractivity contribution is 5.37. The Morgan fingerprint density at radius 1 is 1.33 bits per heavy atom. The first-order valence-corrected chi connectivity index (χ1v) is 6.98. The van der Waals surface area contributed by atoms with E-state index in [-0.39, 0.29) is 0 Å². The summed E-state index contributed by atoms with van der Waals surface area (Å²) in [6.45, 7) is 8.46. The van der Waals surface area contributed by atoms with Gasteiger partial charge in [-0.3, -0.25) is 0 Å². The Morgan fingerprint density at radius 3 is 2.94 bits per heavy atom. The van der Waals surface area contributed by atoms with Crippen LogP contribution in [0.2, 0.25) is 0 Å². The van der Waals surface area contributed by atoms with Crippen LogP contribution in [0.1, 0.15) is 50.5 Å². The molecule has 0 radical (unpaired) electrons. The maximum atomic E-state index is 4.61. The summed E-state index contributed by atoms with van der Waals surface area (Å²) in [5.74, 6) is 2.27. The molecule has 0 aliphatic carbocycles. The van der Waals surface area contributed by atoms with Gasteiger partial charge in [-0.25, -0.2) is 9.97 Å². The molecule has 1 aliphatic heterocycles. The van der Waals surface area contributed by atoms with Crippen molar-refractivity contribution >= 4 is 5.82 Å². The van der Waals surface area contributed by atoms with Crippen LogP contribution in [0.5, 0.6) is 0 Å². The smallest absolute Gasteiger partial charge is 0.133 e. The second-order valence-corrected chi connectivity index (χ2v) is 5.45. The second kappa shape index (κ2) is 6.14. The Balaban J connectivity index is 2.07. The lowest BCUT2D eigenvalue weighted by atomic mass is 10.1. The lowest BCUT2D eigenvalue weighted by Crippen LogP contribution is -2.31. The van der Waals surface area contributed by atoms with Gasteiger partial charge in [-0.1, -0.05) is 20.3 Å². The molecule has 2 heterocycles. The minimum absolute atomic E-state index is 0.373. The van der Waals surface area contributed by atoms with Crippen molar-refractivity contribution in [3.05, 3.63) is 17.6 Å². The van der Waals surface area contributed by atoms with E-state index in [9.17, 15) is 0 Å². The van der Waals surface area contributed by atoms with E-state index < -0.39 is 0 Å². The minimum Gasteiger partial charge on any atom is -0.366 e. The van der Waals surface area contributed by atoms with Crippen molar-refractivity contribution in [3.63, 3.8) is 0 Å². The van der Waals surface area contributed by atoms with Gasteiger partial charge in [0.2, 0.25) is 0 Å². The molecule has 0 bridgehead atoms. The Labute approximate surface area is 110 Å². The molecule has 0 spiro atoms. The summed E-state index contributed by atoms with van der Waals surface area (Å²) in [5, 5.41) is 7.01. The van der Waals surface area contributed by atoms with Gasteiger partial charge >= 0.3 is 0 Å². The van der Waals surface area contributed by atoms with Gasteiger partial charge in [0.25, 0.3) is 0 Å². The molecule has 1 fully saturated rings. The van der Waals surface area contributed by atoms with Gasteiger partial charge in [-0.2, -0.15) is 0 Å². The van der Waals surface area contributed by atoms with E-state index in [0.717, 1.165) is 30.4 Å². The van der Waals surface area contributed by atoms with Gasteiger partial charge in [0.1, 0.15) is 11.6 Å². The molecule has 1 saturated heterocycles. The van der Waals surface area contributed by atoms with Gasteiger partial charge in [0.15, 0.2) is 0 Å². The molecule has 1 aliphatic rings. The summed E-state index contributed by atoms with van der Waals surface area (Å²) >= 11 is 0. The lowest BCUT2D eigenvalue weighted by Gasteiger charge is -2.18. The van der Waals surface area contributed by atoms with Gasteiger partial charge in [0.05, 0.1) is 0 Å². The highest BCUT2D eigenvalue weighted by Crippen LogP contribution is 2.16. The first-order valence-electron chi connectivity index (χ1n) is 6.98.